The summed E-state index contributed by atoms with van der Waals surface area (Å²) >= 11 is 0. The summed E-state index contributed by atoms with van der Waals surface area (Å²) in [5.41, 5.74) is 8.01. The van der Waals surface area contributed by atoms with Gasteiger partial charge in [-0.2, -0.15) is 5.10 Å². The molecular formula is C30H28FN3O4. The maximum Gasteiger partial charge on any atom is 0.304 e. The molecule has 0 fully saturated rings. The number of hydrogen-bond acceptors (Lipinski definition) is 5. The molecule has 2 aromatic heterocycles. The first kappa shape index (κ1) is 24.2. The molecule has 194 valence electrons. The molecule has 0 amide bonds. The van der Waals surface area contributed by atoms with Crippen molar-refractivity contribution in [2.75, 3.05) is 6.61 Å². The monoisotopic (exact) mass is 513 g/mol. The van der Waals surface area contributed by atoms with Gasteiger partial charge in [-0.3, -0.25) is 14.5 Å². The Morgan fingerprint density at radius 1 is 1.21 bits per heavy atom. The summed E-state index contributed by atoms with van der Waals surface area (Å²) in [6.07, 6.45) is 2.67. The van der Waals surface area contributed by atoms with Crippen LogP contribution in [0.15, 0.2) is 48.7 Å². The van der Waals surface area contributed by atoms with Crippen LogP contribution in [0.5, 0.6) is 11.5 Å². The van der Waals surface area contributed by atoms with E-state index < -0.39 is 12.1 Å². The van der Waals surface area contributed by atoms with E-state index in [2.05, 4.69) is 5.10 Å². The fourth-order valence-electron chi connectivity index (χ4n) is 5.86. The number of hydrogen-bond donors (Lipinski definition) is 1. The van der Waals surface area contributed by atoms with Crippen LogP contribution in [0.4, 0.5) is 4.39 Å². The average molecular weight is 514 g/mol. The quantitative estimate of drug-likeness (QED) is 0.344. The van der Waals surface area contributed by atoms with Gasteiger partial charge in [0.2, 0.25) is 0 Å². The van der Waals surface area contributed by atoms with E-state index in [9.17, 15) is 4.79 Å². The molecule has 0 radical (unpaired) electrons. The maximum absolute atomic E-state index is 15.3. The molecule has 3 heterocycles. The van der Waals surface area contributed by atoms with E-state index in [4.69, 9.17) is 19.6 Å². The number of pyridine rings is 1. The van der Waals surface area contributed by atoms with Gasteiger partial charge < -0.3 is 14.6 Å². The van der Waals surface area contributed by atoms with Gasteiger partial charge in [0.1, 0.15) is 23.4 Å². The average Bonchev–Trinajstić information content (AvgIpc) is 3.56. The Bertz CT molecular complexity index is 1580. The molecular weight excluding hydrogens is 485 g/mol. The Balaban J connectivity index is 1.35. The molecule has 7 nitrogen and oxygen atoms in total. The lowest BCUT2D eigenvalue weighted by Gasteiger charge is -2.18. The zero-order valence-corrected chi connectivity index (χ0v) is 21.5. The van der Waals surface area contributed by atoms with Crippen LogP contribution in [0.1, 0.15) is 52.9 Å². The van der Waals surface area contributed by atoms with Crippen LogP contribution in [0, 0.1) is 19.7 Å². The molecule has 0 saturated carbocycles. The molecule has 2 aromatic carbocycles. The Morgan fingerprint density at radius 3 is 2.82 bits per heavy atom. The van der Waals surface area contributed by atoms with Crippen molar-refractivity contribution in [2.24, 2.45) is 7.05 Å². The van der Waals surface area contributed by atoms with Crippen molar-refractivity contribution in [3.8, 4) is 33.9 Å². The lowest BCUT2D eigenvalue weighted by Crippen LogP contribution is -2.07. The number of aromatic nitrogens is 3. The van der Waals surface area contributed by atoms with E-state index in [1.165, 1.54) is 6.07 Å². The SMILES string of the molecule is Cc1nn(C)c(C)c1-c1ncccc1-c1ccc(F)c2c1CCC2Oc1ccc2c(c1)OCC2CC(=O)O. The molecule has 1 N–H and O–H groups in total. The second kappa shape index (κ2) is 9.28. The highest BCUT2D eigenvalue weighted by molar-refractivity contribution is 5.85. The molecule has 1 aliphatic heterocycles. The zero-order valence-electron chi connectivity index (χ0n) is 21.5. The van der Waals surface area contributed by atoms with Crippen molar-refractivity contribution in [3.63, 3.8) is 0 Å². The predicted molar refractivity (Wildman–Crippen MR) is 140 cm³/mol. The lowest BCUT2D eigenvalue weighted by atomic mass is 9.92. The summed E-state index contributed by atoms with van der Waals surface area (Å²) in [6, 6.07) is 12.7. The minimum absolute atomic E-state index is 0.0195. The molecule has 2 atom stereocenters. The summed E-state index contributed by atoms with van der Waals surface area (Å²) in [6.45, 7) is 4.33. The molecule has 4 aromatic rings. The molecule has 2 aliphatic rings. The van der Waals surface area contributed by atoms with E-state index >= 15 is 4.39 Å². The third-order valence-corrected chi connectivity index (χ3v) is 7.69. The smallest absolute Gasteiger partial charge is 0.304 e. The zero-order chi connectivity index (χ0) is 26.6. The molecule has 8 heteroatoms. The summed E-state index contributed by atoms with van der Waals surface area (Å²) in [5, 5.41) is 13.7. The van der Waals surface area contributed by atoms with Crippen molar-refractivity contribution in [2.45, 2.75) is 45.1 Å². The number of fused-ring (bicyclic) bond motifs is 2. The largest absolute Gasteiger partial charge is 0.492 e. The molecule has 1 aliphatic carbocycles. The van der Waals surface area contributed by atoms with Crippen molar-refractivity contribution in [1.82, 2.24) is 14.8 Å². The maximum atomic E-state index is 15.3. The van der Waals surface area contributed by atoms with Crippen LogP contribution in [-0.4, -0.2) is 32.4 Å². The third-order valence-electron chi connectivity index (χ3n) is 7.69. The fourth-order valence-corrected chi connectivity index (χ4v) is 5.86. The van der Waals surface area contributed by atoms with Crippen LogP contribution in [0.3, 0.4) is 0 Å². The van der Waals surface area contributed by atoms with Crippen molar-refractivity contribution >= 4 is 5.97 Å². The van der Waals surface area contributed by atoms with E-state index in [0.717, 1.165) is 44.9 Å². The number of carbonyl (C=O) groups is 1. The number of benzene rings is 2. The van der Waals surface area contributed by atoms with Gasteiger partial charge in [-0.1, -0.05) is 18.2 Å². The number of ether oxygens (including phenoxy) is 2. The van der Waals surface area contributed by atoms with Crippen molar-refractivity contribution in [1.29, 1.82) is 0 Å². The Kier molecular flexibility index (Phi) is 5.90. The topological polar surface area (TPSA) is 86.5 Å². The normalized spacial score (nSPS) is 17.7. The highest BCUT2D eigenvalue weighted by atomic mass is 19.1. The van der Waals surface area contributed by atoms with Gasteiger partial charge >= 0.3 is 5.97 Å². The minimum Gasteiger partial charge on any atom is -0.492 e. The van der Waals surface area contributed by atoms with Crippen LogP contribution < -0.4 is 9.47 Å². The number of nitrogens with zero attached hydrogens (tertiary/aromatic N) is 3. The van der Waals surface area contributed by atoms with Gasteiger partial charge in [-0.05, 0) is 56.0 Å². The molecule has 2 unspecified atom stereocenters. The molecule has 0 saturated heterocycles. The molecule has 0 spiro atoms. The van der Waals surface area contributed by atoms with Gasteiger partial charge in [0.25, 0.3) is 0 Å². The van der Waals surface area contributed by atoms with Crippen molar-refractivity contribution in [3.05, 3.63) is 82.6 Å². The fraction of sp³-hybridized carbons (Fsp3) is 0.300. The second-order valence-corrected chi connectivity index (χ2v) is 10.0. The van der Waals surface area contributed by atoms with Crippen LogP contribution >= 0.6 is 0 Å². The molecule has 38 heavy (non-hydrogen) atoms. The highest BCUT2D eigenvalue weighted by Gasteiger charge is 2.32. The number of aryl methyl sites for hydroxylation is 2. The Labute approximate surface area is 219 Å². The van der Waals surface area contributed by atoms with Gasteiger partial charge in [-0.25, -0.2) is 4.39 Å². The molecule has 6 rings (SSSR count). The van der Waals surface area contributed by atoms with Crippen molar-refractivity contribution < 1.29 is 23.8 Å². The Hall–Kier alpha value is -4.20. The van der Waals surface area contributed by atoms with Gasteiger partial charge in [0.05, 0.1) is 24.4 Å². The van der Waals surface area contributed by atoms with E-state index in [0.29, 0.717) is 36.5 Å². The number of carboxylic acid groups (broad SMARTS) is 1. The predicted octanol–water partition coefficient (Wildman–Crippen LogP) is 5.92. The number of halogens is 1. The van der Waals surface area contributed by atoms with E-state index in [-0.39, 0.29) is 18.2 Å². The first-order valence-corrected chi connectivity index (χ1v) is 12.7. The summed E-state index contributed by atoms with van der Waals surface area (Å²) < 4.78 is 29.2. The first-order valence-electron chi connectivity index (χ1n) is 12.7. The first-order chi connectivity index (χ1) is 18.3. The summed E-state index contributed by atoms with van der Waals surface area (Å²) in [4.78, 5) is 15.9. The van der Waals surface area contributed by atoms with E-state index in [1.54, 1.807) is 12.3 Å². The van der Waals surface area contributed by atoms with Crippen LogP contribution in [-0.2, 0) is 18.3 Å². The number of rotatable bonds is 6. The van der Waals surface area contributed by atoms with Gasteiger partial charge in [0, 0.05) is 53.2 Å². The van der Waals surface area contributed by atoms with Gasteiger partial charge in [0.15, 0.2) is 0 Å². The summed E-state index contributed by atoms with van der Waals surface area (Å²) in [5.74, 6) is -0.116. The minimum atomic E-state index is -0.855. The Morgan fingerprint density at radius 2 is 2.05 bits per heavy atom. The second-order valence-electron chi connectivity index (χ2n) is 10.0. The van der Waals surface area contributed by atoms with Crippen LogP contribution in [0.25, 0.3) is 22.4 Å². The third kappa shape index (κ3) is 4.00. The number of aliphatic carboxylic acids is 1. The summed E-state index contributed by atoms with van der Waals surface area (Å²) in [7, 11) is 1.92. The molecule has 0 bridgehead atoms. The van der Waals surface area contributed by atoms with E-state index in [1.807, 2.05) is 55.9 Å². The standard InChI is InChI=1S/C30H28FN3O4/c1-16-28(17(2)34(3)33-16)30-23(5-4-12-32-30)21-8-10-24(31)29-22(21)9-11-25(29)38-19-6-7-20-18(13-27(35)36)15-37-26(20)14-19/h4-8,10,12,14,18,25H,9,11,13,15H2,1-3H3,(H,35,36). The lowest BCUT2D eigenvalue weighted by molar-refractivity contribution is -0.137. The van der Waals surface area contributed by atoms with Gasteiger partial charge in [-0.15, -0.1) is 0 Å². The van der Waals surface area contributed by atoms with Crippen LogP contribution in [0.2, 0.25) is 0 Å². The number of carboxylic acids is 1. The highest BCUT2D eigenvalue weighted by Crippen LogP contribution is 2.45.